The Labute approximate surface area is 147 Å². The van der Waals surface area contributed by atoms with Crippen molar-refractivity contribution in [2.45, 2.75) is 11.8 Å². The lowest BCUT2D eigenvalue weighted by molar-refractivity contribution is -0.175. The van der Waals surface area contributed by atoms with Gasteiger partial charge in [0.25, 0.3) is 11.8 Å². The van der Waals surface area contributed by atoms with Crippen LogP contribution in [0.4, 0.5) is 0 Å². The van der Waals surface area contributed by atoms with Crippen molar-refractivity contribution in [3.05, 3.63) is 65.5 Å². The number of amides is 3. The number of aromatic nitrogens is 1. The number of imide groups is 1. The number of benzene rings is 1. The van der Waals surface area contributed by atoms with Crippen molar-refractivity contribution in [1.29, 1.82) is 0 Å². The van der Waals surface area contributed by atoms with E-state index in [9.17, 15) is 19.2 Å². The molecule has 26 heavy (non-hydrogen) atoms. The molecule has 2 aromatic rings. The molecule has 3 amide bonds. The van der Waals surface area contributed by atoms with E-state index in [1.807, 2.05) is 0 Å². The molecule has 2 aliphatic heterocycles. The third kappa shape index (κ3) is 2.26. The Kier molecular flexibility index (Phi) is 3.54. The summed E-state index contributed by atoms with van der Waals surface area (Å²) in [4.78, 5) is 58.8. The first-order valence-corrected chi connectivity index (χ1v) is 7.91. The summed E-state index contributed by atoms with van der Waals surface area (Å²) < 4.78 is 0. The van der Waals surface area contributed by atoms with Crippen molar-refractivity contribution < 1.29 is 24.0 Å². The van der Waals surface area contributed by atoms with Crippen LogP contribution in [0.1, 0.15) is 32.8 Å². The van der Waals surface area contributed by atoms with Crippen molar-refractivity contribution in [3.8, 4) is 0 Å². The van der Waals surface area contributed by atoms with Crippen molar-refractivity contribution in [2.24, 2.45) is 0 Å². The largest absolute Gasteiger partial charge is 0.354 e. The van der Waals surface area contributed by atoms with Gasteiger partial charge in [-0.15, -0.1) is 0 Å². The second kappa shape index (κ2) is 5.76. The number of carbonyl (C=O) groups is 4. The third-order valence-corrected chi connectivity index (χ3v) is 4.53. The number of rotatable bonds is 3. The summed E-state index contributed by atoms with van der Waals surface area (Å²) in [5.74, 6) is -2.65. The van der Waals surface area contributed by atoms with Crippen LogP contribution in [-0.4, -0.2) is 40.3 Å². The summed E-state index contributed by atoms with van der Waals surface area (Å²) in [6.45, 7) is -0.0230. The average molecular weight is 351 g/mol. The monoisotopic (exact) mass is 351 g/mol. The van der Waals surface area contributed by atoms with E-state index in [1.165, 1.54) is 18.3 Å². The van der Waals surface area contributed by atoms with Crippen LogP contribution in [-0.2, 0) is 19.8 Å². The van der Waals surface area contributed by atoms with Gasteiger partial charge in [0.05, 0.1) is 23.2 Å². The molecule has 1 unspecified atom stereocenters. The topological polar surface area (TPSA) is 106 Å². The molecule has 130 valence electrons. The fourth-order valence-corrected chi connectivity index (χ4v) is 3.14. The van der Waals surface area contributed by atoms with E-state index in [1.54, 1.807) is 30.3 Å². The van der Waals surface area contributed by atoms with E-state index in [0.29, 0.717) is 10.8 Å². The van der Waals surface area contributed by atoms with Gasteiger partial charge in [-0.05, 0) is 24.3 Å². The second-order valence-electron chi connectivity index (χ2n) is 6.08. The quantitative estimate of drug-likeness (QED) is 0.812. The lowest BCUT2D eigenvalue weighted by Gasteiger charge is -2.25. The van der Waals surface area contributed by atoms with Crippen molar-refractivity contribution in [1.82, 2.24) is 15.4 Å². The first-order chi connectivity index (χ1) is 12.5. The van der Waals surface area contributed by atoms with Crippen molar-refractivity contribution in [2.75, 3.05) is 6.54 Å². The summed E-state index contributed by atoms with van der Waals surface area (Å²) in [6.07, 6.45) is 1.32. The van der Waals surface area contributed by atoms with Crippen LogP contribution in [0, 0.1) is 0 Å². The summed E-state index contributed by atoms with van der Waals surface area (Å²) in [6, 6.07) is 11.2. The Balaban J connectivity index is 1.66. The Bertz CT molecular complexity index is 908. The second-order valence-corrected chi connectivity index (χ2v) is 6.08. The highest BCUT2D eigenvalue weighted by molar-refractivity contribution is 6.21. The number of hydrogen-bond donors (Lipinski definition) is 1. The van der Waals surface area contributed by atoms with Crippen molar-refractivity contribution in [3.63, 3.8) is 0 Å². The molecule has 0 spiro atoms. The summed E-state index contributed by atoms with van der Waals surface area (Å²) in [5.41, 5.74) is -0.733. The molecule has 1 saturated heterocycles. The molecule has 0 bridgehead atoms. The SMILES string of the molecule is O=C1CC(C(=O)ON2C(=O)c3ccccc3C2=O)(c2ccccn2)CN1. The number of hydroxylamine groups is 2. The Morgan fingerprint density at radius 2 is 1.69 bits per heavy atom. The molecule has 2 aliphatic rings. The standard InChI is InChI=1S/C18H13N3O5/c22-14-9-18(10-20-14,13-7-3-4-8-19-13)17(25)26-21-15(23)11-5-1-2-6-12(11)16(21)24/h1-8H,9-10H2,(H,20,22). The smallest absolute Gasteiger partial charge is 0.347 e. The number of nitrogens with zero attached hydrogens (tertiary/aromatic N) is 2. The van der Waals surface area contributed by atoms with E-state index >= 15 is 0 Å². The van der Waals surface area contributed by atoms with Crippen LogP contribution < -0.4 is 5.32 Å². The Morgan fingerprint density at radius 1 is 1.04 bits per heavy atom. The summed E-state index contributed by atoms with van der Waals surface area (Å²) >= 11 is 0. The van der Waals surface area contributed by atoms with Gasteiger partial charge in [0.15, 0.2) is 0 Å². The van der Waals surface area contributed by atoms with Crippen LogP contribution in [0.2, 0.25) is 0 Å². The molecule has 1 aromatic heterocycles. The molecule has 1 fully saturated rings. The van der Waals surface area contributed by atoms with Gasteiger partial charge in [0.1, 0.15) is 5.41 Å². The highest BCUT2D eigenvalue weighted by Gasteiger charge is 2.52. The number of fused-ring (bicyclic) bond motifs is 1. The van der Waals surface area contributed by atoms with Crippen LogP contribution in [0.25, 0.3) is 0 Å². The first-order valence-electron chi connectivity index (χ1n) is 7.91. The molecule has 8 nitrogen and oxygen atoms in total. The average Bonchev–Trinajstić information content (AvgIpc) is 3.18. The normalized spacial score (nSPS) is 21.5. The fourth-order valence-electron chi connectivity index (χ4n) is 3.14. The zero-order valence-corrected chi connectivity index (χ0v) is 13.5. The molecule has 1 aromatic carbocycles. The van der Waals surface area contributed by atoms with Gasteiger partial charge in [0, 0.05) is 12.7 Å². The minimum absolute atomic E-state index is 0.0230. The van der Waals surface area contributed by atoms with Gasteiger partial charge >= 0.3 is 5.97 Å². The minimum atomic E-state index is -1.40. The van der Waals surface area contributed by atoms with Gasteiger partial charge in [-0.3, -0.25) is 19.4 Å². The minimum Gasteiger partial charge on any atom is -0.354 e. The Morgan fingerprint density at radius 3 is 2.23 bits per heavy atom. The van der Waals surface area contributed by atoms with E-state index < -0.39 is 23.2 Å². The molecule has 0 saturated carbocycles. The van der Waals surface area contributed by atoms with Gasteiger partial charge in [-0.25, -0.2) is 4.79 Å². The first kappa shape index (κ1) is 15.9. The van der Waals surface area contributed by atoms with Crippen LogP contribution in [0.5, 0.6) is 0 Å². The number of pyridine rings is 1. The fraction of sp³-hybridized carbons (Fsp3) is 0.167. The highest BCUT2D eigenvalue weighted by atomic mass is 16.7. The molecule has 3 heterocycles. The van der Waals surface area contributed by atoms with Crippen molar-refractivity contribution >= 4 is 23.7 Å². The van der Waals surface area contributed by atoms with E-state index in [0.717, 1.165) is 0 Å². The Hall–Kier alpha value is -3.55. The van der Waals surface area contributed by atoms with Gasteiger partial charge in [-0.2, -0.15) is 0 Å². The maximum absolute atomic E-state index is 12.9. The molecule has 4 rings (SSSR count). The van der Waals surface area contributed by atoms with Crippen LogP contribution in [0.15, 0.2) is 48.7 Å². The molecular formula is C18H13N3O5. The van der Waals surface area contributed by atoms with Gasteiger partial charge in [-0.1, -0.05) is 23.3 Å². The maximum atomic E-state index is 12.9. The zero-order valence-electron chi connectivity index (χ0n) is 13.5. The van der Waals surface area contributed by atoms with E-state index in [-0.39, 0.29) is 30.0 Å². The molecule has 0 aliphatic carbocycles. The maximum Gasteiger partial charge on any atom is 0.347 e. The van der Waals surface area contributed by atoms with E-state index in [2.05, 4.69) is 10.3 Å². The van der Waals surface area contributed by atoms with Gasteiger partial charge in [0.2, 0.25) is 5.91 Å². The lowest BCUT2D eigenvalue weighted by Crippen LogP contribution is -2.45. The molecule has 8 heteroatoms. The molecule has 1 atom stereocenters. The van der Waals surface area contributed by atoms with Gasteiger partial charge < -0.3 is 10.2 Å². The predicted octanol–water partition coefficient (Wildman–Crippen LogP) is 0.594. The number of nitrogens with one attached hydrogen (secondary N) is 1. The number of carbonyl (C=O) groups excluding carboxylic acids is 4. The summed E-state index contributed by atoms with van der Waals surface area (Å²) in [7, 11) is 0. The van der Waals surface area contributed by atoms with Crippen LogP contribution >= 0.6 is 0 Å². The summed E-state index contributed by atoms with van der Waals surface area (Å²) in [5, 5.41) is 3.03. The molecular weight excluding hydrogens is 338 g/mol. The zero-order chi connectivity index (χ0) is 18.3. The molecule has 1 N–H and O–H groups in total. The third-order valence-electron chi connectivity index (χ3n) is 4.53. The number of hydrogen-bond acceptors (Lipinski definition) is 6. The molecule has 0 radical (unpaired) electrons. The predicted molar refractivity (Wildman–Crippen MR) is 86.6 cm³/mol. The van der Waals surface area contributed by atoms with Crippen LogP contribution in [0.3, 0.4) is 0 Å². The highest BCUT2D eigenvalue weighted by Crippen LogP contribution is 2.33. The van der Waals surface area contributed by atoms with E-state index in [4.69, 9.17) is 4.84 Å². The lowest BCUT2D eigenvalue weighted by atomic mass is 9.83.